The summed E-state index contributed by atoms with van der Waals surface area (Å²) < 4.78 is 0. The molecule has 0 aliphatic heterocycles. The van der Waals surface area contributed by atoms with Gasteiger partial charge in [-0.2, -0.15) is 0 Å². The van der Waals surface area contributed by atoms with Crippen LogP contribution in [0.25, 0.3) is 11.0 Å². The number of thiocarbonyl (C=S) groups is 1. The van der Waals surface area contributed by atoms with Crippen molar-refractivity contribution < 1.29 is 34.1 Å². The van der Waals surface area contributed by atoms with Gasteiger partial charge in [-0.05, 0) is 79.9 Å². The van der Waals surface area contributed by atoms with E-state index in [4.69, 9.17) is 28.0 Å². The highest BCUT2D eigenvalue weighted by Gasteiger charge is 2.16. The molecule has 0 aliphatic rings. The molecule has 0 spiro atoms. The van der Waals surface area contributed by atoms with Crippen LogP contribution in [0, 0.1) is 20.2 Å². The van der Waals surface area contributed by atoms with Gasteiger partial charge in [0.25, 0.3) is 29.1 Å². The summed E-state index contributed by atoms with van der Waals surface area (Å²) in [6, 6.07) is 17.4. The Hall–Kier alpha value is -8.21. The van der Waals surface area contributed by atoms with Crippen molar-refractivity contribution in [1.82, 2.24) is 25.9 Å². The van der Waals surface area contributed by atoms with E-state index in [0.29, 0.717) is 28.5 Å². The number of hydrogen-bond donors (Lipinski definition) is 11. The number of aromatic carboxylic acids is 1. The summed E-state index contributed by atoms with van der Waals surface area (Å²) in [4.78, 5) is 74.1. The van der Waals surface area contributed by atoms with Gasteiger partial charge in [0.2, 0.25) is 5.95 Å². The first-order valence-corrected chi connectivity index (χ1v) is 17.1. The summed E-state index contributed by atoms with van der Waals surface area (Å²) in [6.45, 7) is 0. The number of nitrogens with zero attached hydrogens (tertiary/aromatic N) is 4. The second-order valence-corrected chi connectivity index (χ2v) is 11.0. The Balaban J connectivity index is 0.000000742. The van der Waals surface area contributed by atoms with Gasteiger partial charge in [0, 0.05) is 64.1 Å². The smallest absolute Gasteiger partial charge is 0.335 e. The number of carboxylic acid groups (broad SMARTS) is 1. The van der Waals surface area contributed by atoms with E-state index in [1.807, 2.05) is 6.07 Å². The van der Waals surface area contributed by atoms with Crippen LogP contribution in [0.1, 0.15) is 41.4 Å². The number of nitro benzene ring substituents is 2. The Morgan fingerprint density at radius 3 is 1.45 bits per heavy atom. The fourth-order valence-corrected chi connectivity index (χ4v) is 4.10. The maximum atomic E-state index is 11.4. The number of hydrogen-bond acceptors (Lipinski definition) is 17. The van der Waals surface area contributed by atoms with Crippen LogP contribution in [0.2, 0.25) is 0 Å². The molecule has 24 heteroatoms. The Morgan fingerprint density at radius 1 is 0.683 bits per heavy atom. The van der Waals surface area contributed by atoms with Crippen LogP contribution in [0.4, 0.5) is 40.1 Å². The third-order valence-corrected chi connectivity index (χ3v) is 7.25. The summed E-state index contributed by atoms with van der Waals surface area (Å²) in [7, 11) is 9.50. The highest BCUT2D eigenvalue weighted by atomic mass is 32.1. The number of anilines is 5. The number of H-pyrrole nitrogens is 1. The van der Waals surface area contributed by atoms with Gasteiger partial charge >= 0.3 is 5.97 Å². The summed E-state index contributed by atoms with van der Waals surface area (Å²) in [6.07, 6.45) is 0. The Bertz CT molecular complexity index is 2330. The van der Waals surface area contributed by atoms with Crippen LogP contribution >= 0.6 is 12.2 Å². The molecule has 1 heterocycles. The van der Waals surface area contributed by atoms with Crippen LogP contribution in [-0.2, 0) is 0 Å². The summed E-state index contributed by atoms with van der Waals surface area (Å²) >= 11 is 4.14. The lowest BCUT2D eigenvalue weighted by Crippen LogP contribution is -2.17. The number of rotatable bonds is 7. The lowest BCUT2D eigenvalue weighted by Gasteiger charge is -2.02. The van der Waals surface area contributed by atoms with E-state index in [2.05, 4.69) is 59.3 Å². The standard InChI is InChI=1S/C10H12N4O.C8H9N3O3.C8H11N3O.C7H6N2O4.C2H3NS.CH5N/c1-11-9(15)6-3-4-7-8(5-6)14-10(12-2)13-7;1-10-8(12)5-2-3-6(9)7(4-5)11(13)14;1-11-8(12)5-2-3-6(9)7(10)4-5;8-5-2-1-4(7(10)11)3-6(5)9(12)13;1-3-2-4;1-2/h3-5H,1-2H3,(H,11,15)(H2,12,13,14);2-4H,9H2,1H3,(H,10,12);2-4H,9-10H2,1H3,(H,11,12);1-3H,8H2,(H,10,11);1H3;2H2,1H3. The molecule has 0 fully saturated rings. The molecule has 0 saturated heterocycles. The van der Waals surface area contributed by atoms with Gasteiger partial charge in [-0.25, -0.2) is 14.8 Å². The average molecular weight is 851 g/mol. The van der Waals surface area contributed by atoms with Gasteiger partial charge in [-0.3, -0.25) is 34.6 Å². The minimum absolute atomic E-state index is 0.0441. The second-order valence-electron chi connectivity index (χ2n) is 10.8. The molecule has 0 aliphatic carbocycles. The van der Waals surface area contributed by atoms with Gasteiger partial charge in [0.1, 0.15) is 11.4 Å². The number of isothiocyanates is 1. The largest absolute Gasteiger partial charge is 0.478 e. The molecule has 0 unspecified atom stereocenters. The van der Waals surface area contributed by atoms with E-state index in [1.54, 1.807) is 58.5 Å². The van der Waals surface area contributed by atoms with Crippen molar-refractivity contribution in [2.75, 3.05) is 70.5 Å². The number of benzene rings is 4. The first-order chi connectivity index (χ1) is 28.4. The number of amides is 3. The van der Waals surface area contributed by atoms with E-state index in [9.17, 15) is 39.4 Å². The summed E-state index contributed by atoms with van der Waals surface area (Å²) in [5, 5.41) is 41.8. The van der Waals surface area contributed by atoms with Gasteiger partial charge in [-0.15, -0.1) is 0 Å². The first-order valence-electron chi connectivity index (χ1n) is 16.7. The molecule has 3 amide bonds. The highest BCUT2D eigenvalue weighted by Crippen LogP contribution is 2.23. The summed E-state index contributed by atoms with van der Waals surface area (Å²) in [5.74, 6) is -1.17. The van der Waals surface area contributed by atoms with Crippen molar-refractivity contribution in [2.45, 2.75) is 0 Å². The molecule has 23 nitrogen and oxygen atoms in total. The number of carbonyl (C=O) groups excluding carboxylic acids is 3. The van der Waals surface area contributed by atoms with Crippen molar-refractivity contribution in [2.24, 2.45) is 10.7 Å². The predicted molar refractivity (Wildman–Crippen MR) is 234 cm³/mol. The van der Waals surface area contributed by atoms with Crippen LogP contribution in [0.15, 0.2) is 77.8 Å². The molecule has 4 aromatic carbocycles. The zero-order valence-electron chi connectivity index (χ0n) is 33.2. The molecule has 0 radical (unpaired) electrons. The number of carbonyl (C=O) groups is 4. The molecule has 16 N–H and O–H groups in total. The predicted octanol–water partition coefficient (Wildman–Crippen LogP) is 2.88. The highest BCUT2D eigenvalue weighted by molar-refractivity contribution is 7.78. The summed E-state index contributed by atoms with van der Waals surface area (Å²) in [5.41, 5.74) is 29.3. The second kappa shape index (κ2) is 26.6. The number of nitrogens with one attached hydrogen (secondary N) is 5. The quantitative estimate of drug-likeness (QED) is 0.0368. The fraction of sp³-hybridized carbons (Fsp3) is 0.167. The van der Waals surface area contributed by atoms with Gasteiger partial charge < -0.3 is 60.0 Å². The number of nitrogens with two attached hydrogens (primary N) is 5. The molecule has 0 bridgehead atoms. The molecule has 5 aromatic rings. The number of aliphatic imine (C=N–C) groups is 1. The molecule has 60 heavy (non-hydrogen) atoms. The molecule has 1 aromatic heterocycles. The molecule has 0 atom stereocenters. The number of carboxylic acids is 1. The number of aromatic amines is 1. The maximum Gasteiger partial charge on any atom is 0.335 e. The average Bonchev–Trinajstić information content (AvgIpc) is 3.68. The molecule has 320 valence electrons. The van der Waals surface area contributed by atoms with Gasteiger partial charge in [-0.1, -0.05) is 0 Å². The van der Waals surface area contributed by atoms with Crippen LogP contribution < -0.4 is 49.9 Å². The lowest BCUT2D eigenvalue weighted by molar-refractivity contribution is -0.384. The monoisotopic (exact) mass is 850 g/mol. The van der Waals surface area contributed by atoms with E-state index in [1.165, 1.54) is 38.4 Å². The van der Waals surface area contributed by atoms with E-state index < -0.39 is 15.8 Å². The van der Waals surface area contributed by atoms with Crippen molar-refractivity contribution in [3.8, 4) is 0 Å². The lowest BCUT2D eigenvalue weighted by atomic mass is 10.1. The molecule has 0 saturated carbocycles. The van der Waals surface area contributed by atoms with Gasteiger partial charge in [0.15, 0.2) is 0 Å². The number of fused-ring (bicyclic) bond motifs is 1. The minimum Gasteiger partial charge on any atom is -0.478 e. The number of nitrogen functional groups attached to an aromatic ring is 4. The Morgan fingerprint density at radius 2 is 1.07 bits per heavy atom. The van der Waals surface area contributed by atoms with Crippen molar-refractivity contribution in [3.05, 3.63) is 115 Å². The maximum absolute atomic E-state index is 11.4. The van der Waals surface area contributed by atoms with Crippen LogP contribution in [-0.4, -0.2) is 96.1 Å². The zero-order chi connectivity index (χ0) is 46.1. The Kier molecular flexibility index (Phi) is 23.0. The molecule has 5 rings (SSSR count). The van der Waals surface area contributed by atoms with Crippen molar-refractivity contribution in [1.29, 1.82) is 0 Å². The van der Waals surface area contributed by atoms with Crippen LogP contribution in [0.5, 0.6) is 0 Å². The van der Waals surface area contributed by atoms with Gasteiger partial charge in [0.05, 0.1) is 43.0 Å². The fourth-order valence-electron chi connectivity index (χ4n) is 4.10. The first kappa shape index (κ1) is 51.8. The SMILES string of the molecule is CN.CN=C=S.CNC(=O)c1ccc(N)c(N)c1.CNC(=O)c1ccc(N)c([N+](=O)[O-])c1.CNC(=O)c1ccc2nc(NC)[nH]c2c1.Nc1ccc(C(=O)O)cc1[N+](=O)[O-]. The Labute approximate surface area is 348 Å². The van der Waals surface area contributed by atoms with E-state index in [-0.39, 0.29) is 51.6 Å². The third kappa shape index (κ3) is 16.5. The number of imidazole rings is 1. The molecular formula is C36H46N14O9S. The normalized spacial score (nSPS) is 9.12. The van der Waals surface area contributed by atoms with E-state index >= 15 is 0 Å². The van der Waals surface area contributed by atoms with Crippen LogP contribution in [0.3, 0.4) is 0 Å². The topological polar surface area (TPSA) is 394 Å². The third-order valence-electron chi connectivity index (χ3n) is 7.07. The number of aromatic nitrogens is 2. The minimum atomic E-state index is -1.22. The van der Waals surface area contributed by atoms with Crippen molar-refractivity contribution in [3.63, 3.8) is 0 Å². The molecular weight excluding hydrogens is 805 g/mol. The van der Waals surface area contributed by atoms with Crippen molar-refractivity contribution >= 4 is 92.2 Å². The van der Waals surface area contributed by atoms with E-state index in [0.717, 1.165) is 23.2 Å². The number of nitro groups is 2. The zero-order valence-corrected chi connectivity index (χ0v) is 34.0.